The van der Waals surface area contributed by atoms with Gasteiger partial charge >= 0.3 is 0 Å². The van der Waals surface area contributed by atoms with E-state index >= 15 is 0 Å². The number of ether oxygens (including phenoxy) is 1. The first-order valence-electron chi connectivity index (χ1n) is 5.31. The van der Waals surface area contributed by atoms with Gasteiger partial charge in [-0.05, 0) is 35.4 Å². The Kier molecular flexibility index (Phi) is 3.57. The van der Waals surface area contributed by atoms with Crippen molar-refractivity contribution in [2.75, 3.05) is 5.73 Å². The zero-order valence-corrected chi connectivity index (χ0v) is 9.34. The standard InChI is InChI=1S/C13H14N2O2/c14-13-7-11(5-6-15-13)9-17-12-3-1-10(8-16)2-4-12/h1-7,16H,8-9H2,(H2,14,15). The summed E-state index contributed by atoms with van der Waals surface area (Å²) in [4.78, 5) is 3.91. The molecule has 0 fully saturated rings. The zero-order chi connectivity index (χ0) is 12.1. The van der Waals surface area contributed by atoms with Gasteiger partial charge in [-0.25, -0.2) is 4.98 Å². The van der Waals surface area contributed by atoms with Gasteiger partial charge in [-0.3, -0.25) is 0 Å². The molecule has 0 radical (unpaired) electrons. The van der Waals surface area contributed by atoms with E-state index < -0.39 is 0 Å². The SMILES string of the molecule is Nc1cc(COc2ccc(CO)cc2)ccn1. The molecule has 0 unspecified atom stereocenters. The Labute approximate surface area is 99.7 Å². The molecule has 2 rings (SSSR count). The molecule has 4 heteroatoms. The highest BCUT2D eigenvalue weighted by Gasteiger charge is 1.97. The number of hydrogen-bond acceptors (Lipinski definition) is 4. The summed E-state index contributed by atoms with van der Waals surface area (Å²) in [6, 6.07) is 11.0. The summed E-state index contributed by atoms with van der Waals surface area (Å²) < 4.78 is 5.58. The molecule has 88 valence electrons. The highest BCUT2D eigenvalue weighted by atomic mass is 16.5. The summed E-state index contributed by atoms with van der Waals surface area (Å²) in [5.74, 6) is 1.25. The topological polar surface area (TPSA) is 68.4 Å². The molecule has 1 heterocycles. The quantitative estimate of drug-likeness (QED) is 0.839. The fraction of sp³-hybridized carbons (Fsp3) is 0.154. The Bertz CT molecular complexity index is 483. The van der Waals surface area contributed by atoms with E-state index in [1.54, 1.807) is 12.3 Å². The van der Waals surface area contributed by atoms with E-state index in [0.717, 1.165) is 16.9 Å². The molecule has 0 aliphatic rings. The number of aliphatic hydroxyl groups excluding tert-OH is 1. The van der Waals surface area contributed by atoms with Gasteiger partial charge in [0.1, 0.15) is 18.2 Å². The van der Waals surface area contributed by atoms with Crippen LogP contribution in [0.15, 0.2) is 42.6 Å². The van der Waals surface area contributed by atoms with Crippen LogP contribution < -0.4 is 10.5 Å². The fourth-order valence-electron chi connectivity index (χ4n) is 1.44. The first kappa shape index (κ1) is 11.4. The largest absolute Gasteiger partial charge is 0.489 e. The summed E-state index contributed by atoms with van der Waals surface area (Å²) in [5, 5.41) is 8.91. The van der Waals surface area contributed by atoms with Crippen LogP contribution in [0.2, 0.25) is 0 Å². The Balaban J connectivity index is 1.97. The number of pyridine rings is 1. The molecule has 0 aliphatic carbocycles. The lowest BCUT2D eigenvalue weighted by atomic mass is 10.2. The van der Waals surface area contributed by atoms with E-state index in [1.807, 2.05) is 30.3 Å². The minimum absolute atomic E-state index is 0.0428. The zero-order valence-electron chi connectivity index (χ0n) is 9.34. The number of rotatable bonds is 4. The molecule has 4 nitrogen and oxygen atoms in total. The second kappa shape index (κ2) is 5.32. The van der Waals surface area contributed by atoms with Gasteiger partial charge in [0.15, 0.2) is 0 Å². The minimum atomic E-state index is 0.0428. The maximum atomic E-state index is 8.91. The van der Waals surface area contributed by atoms with Crippen LogP contribution in [0.3, 0.4) is 0 Å². The molecule has 17 heavy (non-hydrogen) atoms. The van der Waals surface area contributed by atoms with Crippen LogP contribution in [-0.4, -0.2) is 10.1 Å². The van der Waals surface area contributed by atoms with Crippen LogP contribution in [0.25, 0.3) is 0 Å². The van der Waals surface area contributed by atoms with Crippen molar-refractivity contribution in [2.45, 2.75) is 13.2 Å². The Hall–Kier alpha value is -2.07. The first-order chi connectivity index (χ1) is 8.28. The maximum absolute atomic E-state index is 8.91. The summed E-state index contributed by atoms with van der Waals surface area (Å²) >= 11 is 0. The van der Waals surface area contributed by atoms with Crippen LogP contribution in [0.5, 0.6) is 5.75 Å². The molecule has 0 saturated heterocycles. The lowest BCUT2D eigenvalue weighted by Gasteiger charge is -2.07. The number of aliphatic hydroxyl groups is 1. The summed E-state index contributed by atoms with van der Waals surface area (Å²) in [6.45, 7) is 0.492. The van der Waals surface area contributed by atoms with Crippen molar-refractivity contribution in [3.05, 3.63) is 53.7 Å². The highest BCUT2D eigenvalue weighted by molar-refractivity contribution is 5.32. The van der Waals surface area contributed by atoms with E-state index in [9.17, 15) is 0 Å². The Morgan fingerprint density at radius 1 is 1.12 bits per heavy atom. The molecule has 3 N–H and O–H groups in total. The summed E-state index contributed by atoms with van der Waals surface area (Å²) in [5.41, 5.74) is 7.41. The molecule has 0 saturated carbocycles. The lowest BCUT2D eigenvalue weighted by Crippen LogP contribution is -1.98. The van der Waals surface area contributed by atoms with Crippen molar-refractivity contribution >= 4 is 5.82 Å². The molecule has 1 aromatic carbocycles. The van der Waals surface area contributed by atoms with Crippen molar-refractivity contribution in [2.24, 2.45) is 0 Å². The highest BCUT2D eigenvalue weighted by Crippen LogP contribution is 2.14. The van der Waals surface area contributed by atoms with Gasteiger partial charge in [-0.2, -0.15) is 0 Å². The van der Waals surface area contributed by atoms with Gasteiger partial charge in [0.2, 0.25) is 0 Å². The average Bonchev–Trinajstić information content (AvgIpc) is 2.37. The van der Waals surface area contributed by atoms with Gasteiger partial charge in [-0.15, -0.1) is 0 Å². The van der Waals surface area contributed by atoms with Gasteiger partial charge in [-0.1, -0.05) is 12.1 Å². The predicted molar refractivity (Wildman–Crippen MR) is 65.3 cm³/mol. The Morgan fingerprint density at radius 2 is 1.88 bits per heavy atom. The van der Waals surface area contributed by atoms with Crippen molar-refractivity contribution in [1.29, 1.82) is 0 Å². The van der Waals surface area contributed by atoms with E-state index in [-0.39, 0.29) is 6.61 Å². The molecule has 0 aliphatic heterocycles. The van der Waals surface area contributed by atoms with E-state index in [1.165, 1.54) is 0 Å². The fourth-order valence-corrected chi connectivity index (χ4v) is 1.44. The molecular weight excluding hydrogens is 216 g/mol. The van der Waals surface area contributed by atoms with Crippen molar-refractivity contribution < 1.29 is 9.84 Å². The average molecular weight is 230 g/mol. The van der Waals surface area contributed by atoms with Crippen LogP contribution in [0.1, 0.15) is 11.1 Å². The van der Waals surface area contributed by atoms with Crippen molar-refractivity contribution in [1.82, 2.24) is 4.98 Å². The number of anilines is 1. The molecule has 0 amide bonds. The number of nitrogen functional groups attached to an aromatic ring is 1. The molecular formula is C13H14N2O2. The summed E-state index contributed by atoms with van der Waals surface area (Å²) in [7, 11) is 0. The van der Waals surface area contributed by atoms with E-state index in [2.05, 4.69) is 4.98 Å². The number of nitrogens with two attached hydrogens (primary N) is 1. The number of hydrogen-bond donors (Lipinski definition) is 2. The third kappa shape index (κ3) is 3.19. The van der Waals surface area contributed by atoms with Gasteiger partial charge in [0, 0.05) is 6.20 Å². The third-order valence-corrected chi connectivity index (χ3v) is 2.36. The molecule has 0 spiro atoms. The van der Waals surface area contributed by atoms with E-state index in [4.69, 9.17) is 15.6 Å². The van der Waals surface area contributed by atoms with Crippen molar-refractivity contribution in [3.63, 3.8) is 0 Å². The third-order valence-electron chi connectivity index (χ3n) is 2.36. The van der Waals surface area contributed by atoms with Gasteiger partial charge in [0.25, 0.3) is 0 Å². The predicted octanol–water partition coefficient (Wildman–Crippen LogP) is 1.74. The van der Waals surface area contributed by atoms with Gasteiger partial charge in [0.05, 0.1) is 6.61 Å². The van der Waals surface area contributed by atoms with Crippen LogP contribution >= 0.6 is 0 Å². The van der Waals surface area contributed by atoms with Gasteiger partial charge < -0.3 is 15.6 Å². The molecule has 0 bridgehead atoms. The maximum Gasteiger partial charge on any atom is 0.123 e. The molecule has 1 aromatic heterocycles. The van der Waals surface area contributed by atoms with Crippen LogP contribution in [0, 0.1) is 0 Å². The normalized spacial score (nSPS) is 10.2. The number of benzene rings is 1. The number of nitrogens with zero attached hydrogens (tertiary/aromatic N) is 1. The molecule has 0 atom stereocenters. The Morgan fingerprint density at radius 3 is 2.53 bits per heavy atom. The monoisotopic (exact) mass is 230 g/mol. The minimum Gasteiger partial charge on any atom is -0.489 e. The van der Waals surface area contributed by atoms with Crippen molar-refractivity contribution in [3.8, 4) is 5.75 Å². The number of aromatic nitrogens is 1. The molecule has 2 aromatic rings. The van der Waals surface area contributed by atoms with Crippen LogP contribution in [-0.2, 0) is 13.2 Å². The second-order valence-corrected chi connectivity index (χ2v) is 3.68. The van der Waals surface area contributed by atoms with Crippen LogP contribution in [0.4, 0.5) is 5.82 Å². The second-order valence-electron chi connectivity index (χ2n) is 3.68. The van der Waals surface area contributed by atoms with E-state index in [0.29, 0.717) is 12.4 Å². The smallest absolute Gasteiger partial charge is 0.123 e. The lowest BCUT2D eigenvalue weighted by molar-refractivity contribution is 0.280. The first-order valence-corrected chi connectivity index (χ1v) is 5.31. The summed E-state index contributed by atoms with van der Waals surface area (Å²) in [6.07, 6.45) is 1.66.